The van der Waals surface area contributed by atoms with E-state index in [0.717, 1.165) is 29.9 Å². The maximum Gasteiger partial charge on any atom is 0.275 e. The number of amides is 1. The second-order valence-corrected chi connectivity index (χ2v) is 5.93. The van der Waals surface area contributed by atoms with Crippen LogP contribution in [0.1, 0.15) is 33.7 Å². The molecule has 1 aliphatic rings. The van der Waals surface area contributed by atoms with Crippen molar-refractivity contribution >= 4 is 23.4 Å². The molecular weight excluding hydrogens is 324 g/mol. The summed E-state index contributed by atoms with van der Waals surface area (Å²) in [6.07, 6.45) is 2.54. The third kappa shape index (κ3) is 3.26. The number of rotatable bonds is 3. The predicted octanol–water partition coefficient (Wildman–Crippen LogP) is 2.55. The predicted molar refractivity (Wildman–Crippen MR) is 79.2 cm³/mol. The minimum absolute atomic E-state index is 0.172. The first-order valence-corrected chi connectivity index (χ1v) is 7.85. The summed E-state index contributed by atoms with van der Waals surface area (Å²) in [7, 11) is 0. The Labute approximate surface area is 135 Å². The Hall–Kier alpha value is -2.22. The molecule has 0 N–H and O–H groups in total. The van der Waals surface area contributed by atoms with Crippen molar-refractivity contribution in [2.75, 3.05) is 13.1 Å². The van der Waals surface area contributed by atoms with Crippen LogP contribution in [0.15, 0.2) is 24.4 Å². The number of Topliss-reactive ketones (excluding diaryl/α,β-unsaturated/α-hetero) is 1. The van der Waals surface area contributed by atoms with Gasteiger partial charge in [-0.15, -0.1) is 0 Å². The quantitative estimate of drug-likeness (QED) is 0.808. The fraction of sp³-hybridized carbons (Fsp3) is 0.333. The average Bonchev–Trinajstić information content (AvgIpc) is 3.10. The van der Waals surface area contributed by atoms with Crippen LogP contribution in [0.2, 0.25) is 0 Å². The lowest BCUT2D eigenvalue weighted by molar-refractivity contribution is 0.0632. The Morgan fingerprint density at radius 2 is 2.13 bits per heavy atom. The van der Waals surface area contributed by atoms with Crippen molar-refractivity contribution in [3.8, 4) is 0 Å². The summed E-state index contributed by atoms with van der Waals surface area (Å²) in [5.41, 5.74) is -0.0281. The zero-order valence-electron chi connectivity index (χ0n) is 12.0. The topological polar surface area (TPSA) is 63.2 Å². The molecule has 1 saturated heterocycles. The Balaban J connectivity index is 1.77. The van der Waals surface area contributed by atoms with Gasteiger partial charge in [0.2, 0.25) is 0 Å². The number of hydrogen-bond donors (Lipinski definition) is 0. The van der Waals surface area contributed by atoms with Gasteiger partial charge in [0.1, 0.15) is 11.6 Å². The number of piperidine rings is 1. The molecule has 8 heteroatoms. The summed E-state index contributed by atoms with van der Waals surface area (Å²) >= 11 is 0.934. The number of ketones is 1. The van der Waals surface area contributed by atoms with Gasteiger partial charge in [-0.05, 0) is 31.0 Å². The Bertz CT molecular complexity index is 736. The summed E-state index contributed by atoms with van der Waals surface area (Å²) < 4.78 is 34.7. The molecule has 1 unspecified atom stereocenters. The fourth-order valence-corrected chi connectivity index (χ4v) is 3.11. The number of aromatic nitrogens is 2. The average molecular weight is 337 g/mol. The third-order valence-corrected chi connectivity index (χ3v) is 4.33. The Kier molecular flexibility index (Phi) is 4.42. The van der Waals surface area contributed by atoms with Crippen LogP contribution in [0, 0.1) is 17.6 Å². The van der Waals surface area contributed by atoms with Crippen LogP contribution in [0.25, 0.3) is 0 Å². The van der Waals surface area contributed by atoms with Crippen LogP contribution >= 0.6 is 11.7 Å². The Morgan fingerprint density at radius 3 is 2.87 bits per heavy atom. The van der Waals surface area contributed by atoms with E-state index in [1.54, 1.807) is 0 Å². The molecule has 1 aromatic carbocycles. The molecule has 0 radical (unpaired) electrons. The van der Waals surface area contributed by atoms with E-state index in [2.05, 4.69) is 8.75 Å². The molecule has 2 aromatic rings. The van der Waals surface area contributed by atoms with Gasteiger partial charge in [-0.2, -0.15) is 8.75 Å². The summed E-state index contributed by atoms with van der Waals surface area (Å²) in [4.78, 5) is 26.2. The molecule has 2 heterocycles. The largest absolute Gasteiger partial charge is 0.336 e. The van der Waals surface area contributed by atoms with E-state index in [9.17, 15) is 18.4 Å². The van der Waals surface area contributed by atoms with Crippen molar-refractivity contribution < 1.29 is 18.4 Å². The lowest BCUT2D eigenvalue weighted by Crippen LogP contribution is -2.42. The first-order valence-electron chi connectivity index (χ1n) is 7.12. The fourth-order valence-electron chi connectivity index (χ4n) is 2.70. The van der Waals surface area contributed by atoms with Crippen LogP contribution < -0.4 is 0 Å². The molecule has 23 heavy (non-hydrogen) atoms. The molecular formula is C15H13F2N3O2S. The van der Waals surface area contributed by atoms with E-state index in [1.807, 2.05) is 0 Å². The van der Waals surface area contributed by atoms with Crippen LogP contribution in [0.4, 0.5) is 8.78 Å². The van der Waals surface area contributed by atoms with Crippen molar-refractivity contribution in [3.05, 3.63) is 47.3 Å². The van der Waals surface area contributed by atoms with Crippen LogP contribution in [0.3, 0.4) is 0 Å². The van der Waals surface area contributed by atoms with Crippen molar-refractivity contribution in [1.29, 1.82) is 0 Å². The Morgan fingerprint density at radius 1 is 1.30 bits per heavy atom. The highest BCUT2D eigenvalue weighted by Crippen LogP contribution is 2.24. The van der Waals surface area contributed by atoms with Crippen LogP contribution in [-0.4, -0.2) is 38.4 Å². The number of nitrogens with zero attached hydrogens (tertiary/aromatic N) is 3. The van der Waals surface area contributed by atoms with E-state index in [-0.39, 0.29) is 23.7 Å². The monoisotopic (exact) mass is 337 g/mol. The number of carbonyl (C=O) groups excluding carboxylic acids is 2. The summed E-state index contributed by atoms with van der Waals surface area (Å²) in [5.74, 6) is -2.72. The highest BCUT2D eigenvalue weighted by atomic mass is 32.1. The summed E-state index contributed by atoms with van der Waals surface area (Å²) in [5, 5.41) is 0. The summed E-state index contributed by atoms with van der Waals surface area (Å²) in [6, 6.07) is 2.82. The molecule has 0 saturated carbocycles. The molecule has 0 spiro atoms. The minimum atomic E-state index is -0.747. The number of halogens is 2. The lowest BCUT2D eigenvalue weighted by Gasteiger charge is -2.31. The lowest BCUT2D eigenvalue weighted by atomic mass is 9.89. The maximum absolute atomic E-state index is 13.8. The van der Waals surface area contributed by atoms with E-state index in [0.29, 0.717) is 19.4 Å². The van der Waals surface area contributed by atoms with Gasteiger partial charge >= 0.3 is 0 Å². The second kappa shape index (κ2) is 6.49. The van der Waals surface area contributed by atoms with Crippen molar-refractivity contribution in [3.63, 3.8) is 0 Å². The van der Waals surface area contributed by atoms with Gasteiger partial charge in [0.05, 0.1) is 23.5 Å². The standard InChI is InChI=1S/C15H13F2N3O2S/c16-10-3-4-12(17)11(6-10)14(21)9-2-1-5-20(8-9)15(22)13-7-18-23-19-13/h3-4,6-7,9H,1-2,5,8H2. The van der Waals surface area contributed by atoms with E-state index < -0.39 is 23.3 Å². The number of benzene rings is 1. The van der Waals surface area contributed by atoms with Crippen molar-refractivity contribution in [2.45, 2.75) is 12.8 Å². The van der Waals surface area contributed by atoms with Crippen molar-refractivity contribution in [1.82, 2.24) is 13.6 Å². The number of likely N-dealkylation sites (tertiary alicyclic amines) is 1. The number of hydrogen-bond acceptors (Lipinski definition) is 5. The highest BCUT2D eigenvalue weighted by molar-refractivity contribution is 6.99. The van der Waals surface area contributed by atoms with Crippen LogP contribution in [0.5, 0.6) is 0 Å². The molecule has 1 atom stereocenters. The molecule has 1 aromatic heterocycles. The van der Waals surface area contributed by atoms with Gasteiger partial charge in [-0.1, -0.05) is 0 Å². The van der Waals surface area contributed by atoms with Crippen LogP contribution in [-0.2, 0) is 0 Å². The highest BCUT2D eigenvalue weighted by Gasteiger charge is 2.31. The SMILES string of the molecule is O=C(c1cc(F)ccc1F)C1CCCN(C(=O)c2cnsn2)C1. The normalized spacial score (nSPS) is 18.0. The van der Waals surface area contributed by atoms with Crippen molar-refractivity contribution in [2.24, 2.45) is 5.92 Å². The molecule has 120 valence electrons. The van der Waals surface area contributed by atoms with Gasteiger partial charge in [0.25, 0.3) is 5.91 Å². The molecule has 5 nitrogen and oxygen atoms in total. The van der Waals surface area contributed by atoms with E-state index in [1.165, 1.54) is 11.1 Å². The molecule has 3 rings (SSSR count). The van der Waals surface area contributed by atoms with Gasteiger partial charge in [0.15, 0.2) is 11.5 Å². The van der Waals surface area contributed by atoms with E-state index >= 15 is 0 Å². The summed E-state index contributed by atoms with van der Waals surface area (Å²) in [6.45, 7) is 0.677. The first kappa shape index (κ1) is 15.7. The first-order chi connectivity index (χ1) is 11.1. The molecule has 0 aliphatic carbocycles. The zero-order chi connectivity index (χ0) is 16.4. The van der Waals surface area contributed by atoms with E-state index in [4.69, 9.17) is 0 Å². The zero-order valence-corrected chi connectivity index (χ0v) is 12.9. The van der Waals surface area contributed by atoms with Gasteiger partial charge in [0, 0.05) is 19.0 Å². The molecule has 1 aliphatic heterocycles. The maximum atomic E-state index is 13.8. The molecule has 0 bridgehead atoms. The molecule has 1 fully saturated rings. The third-order valence-electron chi connectivity index (χ3n) is 3.85. The van der Waals surface area contributed by atoms with Gasteiger partial charge < -0.3 is 4.90 Å². The molecule has 1 amide bonds. The minimum Gasteiger partial charge on any atom is -0.336 e. The van der Waals surface area contributed by atoms with Gasteiger partial charge in [-0.3, -0.25) is 9.59 Å². The number of carbonyl (C=O) groups is 2. The second-order valence-electron chi connectivity index (χ2n) is 5.37. The smallest absolute Gasteiger partial charge is 0.275 e. The van der Waals surface area contributed by atoms with Gasteiger partial charge in [-0.25, -0.2) is 8.78 Å².